The van der Waals surface area contributed by atoms with Crippen molar-refractivity contribution in [3.05, 3.63) is 58.1 Å². The van der Waals surface area contributed by atoms with Crippen LogP contribution in [0.5, 0.6) is 0 Å². The number of anilines is 2. The highest BCUT2D eigenvalue weighted by molar-refractivity contribution is 7.93. The van der Waals surface area contributed by atoms with Crippen LogP contribution in [0.4, 0.5) is 17.2 Å². The molecule has 3 aromatic rings. The van der Waals surface area contributed by atoms with Crippen molar-refractivity contribution in [2.45, 2.75) is 12.8 Å². The van der Waals surface area contributed by atoms with Crippen molar-refractivity contribution in [3.8, 4) is 0 Å². The molecule has 2 heterocycles. The highest BCUT2D eigenvalue weighted by Gasteiger charge is 2.28. The number of hydrogen-bond donors (Lipinski definition) is 2. The number of amides is 1. The monoisotopic (exact) mass is 415 g/mol. The van der Waals surface area contributed by atoms with E-state index in [1.807, 2.05) is 0 Å². The highest BCUT2D eigenvalue weighted by atomic mass is 32.2. The maximum Gasteiger partial charge on any atom is 0.269 e. The largest absolute Gasteiger partial charge is 0.308 e. The van der Waals surface area contributed by atoms with E-state index in [2.05, 4.69) is 15.5 Å². The van der Waals surface area contributed by atoms with Gasteiger partial charge in [-0.3, -0.25) is 24.3 Å². The van der Waals surface area contributed by atoms with Gasteiger partial charge in [0.1, 0.15) is 0 Å². The molecule has 2 aromatic carbocycles. The zero-order valence-electron chi connectivity index (χ0n) is 15.2. The van der Waals surface area contributed by atoms with Crippen LogP contribution in [0.25, 0.3) is 10.9 Å². The van der Waals surface area contributed by atoms with E-state index >= 15 is 0 Å². The molecule has 0 radical (unpaired) electrons. The Balaban J connectivity index is 1.56. The smallest absolute Gasteiger partial charge is 0.269 e. The lowest BCUT2D eigenvalue weighted by Gasteiger charge is -2.16. The summed E-state index contributed by atoms with van der Waals surface area (Å²) in [5, 5.41) is 21.0. The van der Waals surface area contributed by atoms with Gasteiger partial charge in [-0.2, -0.15) is 5.10 Å². The van der Waals surface area contributed by atoms with Crippen LogP contribution in [0.2, 0.25) is 0 Å². The molecule has 29 heavy (non-hydrogen) atoms. The van der Waals surface area contributed by atoms with Gasteiger partial charge in [0.05, 0.1) is 28.3 Å². The first kappa shape index (κ1) is 18.9. The molecule has 10 nitrogen and oxygen atoms in total. The summed E-state index contributed by atoms with van der Waals surface area (Å²) >= 11 is 0. The normalized spacial score (nSPS) is 15.5. The van der Waals surface area contributed by atoms with Crippen LogP contribution in [0.3, 0.4) is 0 Å². The lowest BCUT2D eigenvalue weighted by molar-refractivity contribution is -0.384. The number of non-ortho nitro benzene ring substituents is 1. The lowest BCUT2D eigenvalue weighted by atomic mass is 10.1. The number of H-pyrrole nitrogens is 1. The molecular weight excluding hydrogens is 398 g/mol. The lowest BCUT2D eigenvalue weighted by Crippen LogP contribution is -2.24. The van der Waals surface area contributed by atoms with E-state index < -0.39 is 20.9 Å². The standard InChI is InChI=1S/C18H17N5O5S/c24-17(10-12-3-1-4-14(9-12)23(25)26)19-18-15-11-13(5-6-16(15)20-21-18)22-7-2-8-29(22,27)28/h1,3-6,9,11H,2,7-8,10H2,(H2,19,20,21,24). The Hall–Kier alpha value is -3.47. The molecule has 0 aliphatic carbocycles. The SMILES string of the molecule is O=C(Cc1cccc([N+](=O)[O-])c1)Nc1n[nH]c2ccc(N3CCCS3(=O)=O)cc12. The fourth-order valence-corrected chi connectivity index (χ4v) is 4.88. The molecular formula is C18H17N5O5S. The minimum Gasteiger partial charge on any atom is -0.308 e. The van der Waals surface area contributed by atoms with Crippen molar-refractivity contribution >= 4 is 44.0 Å². The Labute approximate surface area is 165 Å². The third kappa shape index (κ3) is 3.76. The molecule has 1 saturated heterocycles. The second kappa shape index (κ2) is 7.17. The molecule has 1 fully saturated rings. The van der Waals surface area contributed by atoms with Gasteiger partial charge in [-0.1, -0.05) is 12.1 Å². The first-order valence-electron chi connectivity index (χ1n) is 8.85. The summed E-state index contributed by atoms with van der Waals surface area (Å²) in [5.74, 6) is -0.00423. The number of benzene rings is 2. The summed E-state index contributed by atoms with van der Waals surface area (Å²) < 4.78 is 25.7. The van der Waals surface area contributed by atoms with E-state index in [0.717, 1.165) is 0 Å². The van der Waals surface area contributed by atoms with Gasteiger partial charge in [0.2, 0.25) is 15.9 Å². The summed E-state index contributed by atoms with van der Waals surface area (Å²) in [6.07, 6.45) is 0.509. The van der Waals surface area contributed by atoms with Gasteiger partial charge >= 0.3 is 0 Å². The van der Waals surface area contributed by atoms with Crippen molar-refractivity contribution in [1.82, 2.24) is 10.2 Å². The van der Waals surface area contributed by atoms with Gasteiger partial charge in [-0.25, -0.2) is 8.42 Å². The number of aromatic amines is 1. The highest BCUT2D eigenvalue weighted by Crippen LogP contribution is 2.30. The molecule has 1 aromatic heterocycles. The van der Waals surface area contributed by atoms with Gasteiger partial charge in [-0.05, 0) is 30.2 Å². The first-order valence-corrected chi connectivity index (χ1v) is 10.5. The molecule has 4 rings (SSSR count). The van der Waals surface area contributed by atoms with Crippen LogP contribution in [-0.4, -0.2) is 41.7 Å². The van der Waals surface area contributed by atoms with E-state index in [1.54, 1.807) is 24.3 Å². The van der Waals surface area contributed by atoms with Gasteiger partial charge in [0.25, 0.3) is 5.69 Å². The fourth-order valence-electron chi connectivity index (χ4n) is 3.32. The number of nitro groups is 1. The minimum atomic E-state index is -3.32. The molecule has 11 heteroatoms. The molecule has 0 bridgehead atoms. The Morgan fingerprint density at radius 1 is 1.28 bits per heavy atom. The Morgan fingerprint density at radius 2 is 2.10 bits per heavy atom. The van der Waals surface area contributed by atoms with Crippen LogP contribution < -0.4 is 9.62 Å². The number of carbonyl (C=O) groups excluding carboxylic acids is 1. The number of nitrogens with zero attached hydrogens (tertiary/aromatic N) is 3. The first-order chi connectivity index (χ1) is 13.8. The molecule has 2 N–H and O–H groups in total. The van der Waals surface area contributed by atoms with Crippen molar-refractivity contribution in [3.63, 3.8) is 0 Å². The molecule has 1 amide bonds. The summed E-state index contributed by atoms with van der Waals surface area (Å²) in [6.45, 7) is 0.417. The molecule has 0 saturated carbocycles. The summed E-state index contributed by atoms with van der Waals surface area (Å²) in [6, 6.07) is 10.9. The van der Waals surface area contributed by atoms with Crippen LogP contribution >= 0.6 is 0 Å². The molecule has 150 valence electrons. The fraction of sp³-hybridized carbons (Fsp3) is 0.222. The van der Waals surface area contributed by atoms with E-state index in [1.165, 1.54) is 22.5 Å². The van der Waals surface area contributed by atoms with Crippen LogP contribution in [0.15, 0.2) is 42.5 Å². The number of rotatable bonds is 5. The van der Waals surface area contributed by atoms with Crippen LogP contribution in [-0.2, 0) is 21.2 Å². The van der Waals surface area contributed by atoms with Crippen LogP contribution in [0, 0.1) is 10.1 Å². The second-order valence-electron chi connectivity index (χ2n) is 6.70. The number of sulfonamides is 1. The van der Waals surface area contributed by atoms with Crippen molar-refractivity contribution in [2.75, 3.05) is 21.9 Å². The van der Waals surface area contributed by atoms with Gasteiger partial charge in [-0.15, -0.1) is 0 Å². The number of fused-ring (bicyclic) bond motifs is 1. The minimum absolute atomic E-state index is 0.0593. The zero-order chi connectivity index (χ0) is 20.6. The van der Waals surface area contributed by atoms with E-state index in [4.69, 9.17) is 0 Å². The quantitative estimate of drug-likeness (QED) is 0.484. The second-order valence-corrected chi connectivity index (χ2v) is 8.71. The number of aromatic nitrogens is 2. The Bertz CT molecular complexity index is 1220. The number of hydrogen-bond acceptors (Lipinski definition) is 6. The molecule has 0 unspecified atom stereocenters. The molecule has 0 atom stereocenters. The third-order valence-electron chi connectivity index (χ3n) is 4.68. The van der Waals surface area contributed by atoms with Gasteiger partial charge < -0.3 is 5.32 Å². The molecule has 1 aliphatic heterocycles. The average Bonchev–Trinajstić information content (AvgIpc) is 3.24. The predicted molar refractivity (Wildman–Crippen MR) is 107 cm³/mol. The summed E-state index contributed by atoms with van der Waals surface area (Å²) in [4.78, 5) is 22.8. The van der Waals surface area contributed by atoms with E-state index in [0.29, 0.717) is 35.1 Å². The average molecular weight is 415 g/mol. The van der Waals surface area contributed by atoms with Crippen molar-refractivity contribution in [2.24, 2.45) is 0 Å². The third-order valence-corrected chi connectivity index (χ3v) is 6.55. The van der Waals surface area contributed by atoms with Crippen molar-refractivity contribution in [1.29, 1.82) is 0 Å². The van der Waals surface area contributed by atoms with Gasteiger partial charge in [0, 0.05) is 24.1 Å². The van der Waals surface area contributed by atoms with Crippen molar-refractivity contribution < 1.29 is 18.1 Å². The maximum absolute atomic E-state index is 12.4. The number of nitro benzene ring substituents is 1. The predicted octanol–water partition coefficient (Wildman–Crippen LogP) is 2.19. The summed E-state index contributed by atoms with van der Waals surface area (Å²) in [7, 11) is -3.32. The van der Waals surface area contributed by atoms with E-state index in [-0.39, 0.29) is 23.7 Å². The van der Waals surface area contributed by atoms with E-state index in [9.17, 15) is 23.3 Å². The zero-order valence-corrected chi connectivity index (χ0v) is 16.0. The number of nitrogens with one attached hydrogen (secondary N) is 2. The Morgan fingerprint density at radius 3 is 2.83 bits per heavy atom. The topological polar surface area (TPSA) is 138 Å². The molecule has 1 aliphatic rings. The van der Waals surface area contributed by atoms with Crippen LogP contribution in [0.1, 0.15) is 12.0 Å². The van der Waals surface area contributed by atoms with Gasteiger partial charge in [0.15, 0.2) is 5.82 Å². The number of carbonyl (C=O) groups is 1. The summed E-state index contributed by atoms with van der Waals surface area (Å²) in [5.41, 5.74) is 1.58. The molecule has 0 spiro atoms. The maximum atomic E-state index is 12.4. The Kier molecular flexibility index (Phi) is 4.66.